The number of ether oxygens (including phenoxy) is 2. The Hall–Kier alpha value is -1.52. The van der Waals surface area contributed by atoms with Crippen molar-refractivity contribution in [2.45, 2.75) is 58.6 Å². The highest BCUT2D eigenvalue weighted by Gasteiger charge is 2.40. The first-order chi connectivity index (χ1) is 9.80. The Morgan fingerprint density at radius 1 is 1.43 bits per heavy atom. The number of amides is 1. The Bertz CT molecular complexity index is 386. The van der Waals surface area contributed by atoms with Crippen LogP contribution in [0.15, 0.2) is 12.7 Å². The van der Waals surface area contributed by atoms with E-state index >= 15 is 0 Å². The van der Waals surface area contributed by atoms with Gasteiger partial charge in [0.25, 0.3) is 0 Å². The summed E-state index contributed by atoms with van der Waals surface area (Å²) < 4.78 is 10.6. The van der Waals surface area contributed by atoms with Crippen molar-refractivity contribution in [3.05, 3.63) is 12.7 Å². The number of hydrogen-bond acceptors (Lipinski definition) is 4. The Labute approximate surface area is 127 Å². The van der Waals surface area contributed by atoms with Crippen LogP contribution in [0, 0.1) is 5.92 Å². The molecule has 0 aromatic carbocycles. The fourth-order valence-electron chi connectivity index (χ4n) is 2.60. The third kappa shape index (κ3) is 5.06. The number of carbonyl (C=O) groups excluding carboxylic acids is 2. The highest BCUT2D eigenvalue weighted by Crippen LogP contribution is 2.29. The van der Waals surface area contributed by atoms with Crippen LogP contribution in [0.3, 0.4) is 0 Å². The normalized spacial score (nSPS) is 20.0. The largest absolute Gasteiger partial charge is 0.466 e. The van der Waals surface area contributed by atoms with Crippen LogP contribution in [0.5, 0.6) is 0 Å². The molecule has 0 unspecified atom stereocenters. The first kappa shape index (κ1) is 17.5. The van der Waals surface area contributed by atoms with E-state index < -0.39 is 5.60 Å². The second kappa shape index (κ2) is 7.48. The Morgan fingerprint density at radius 2 is 2.10 bits per heavy atom. The predicted molar refractivity (Wildman–Crippen MR) is 80.9 cm³/mol. The number of nitrogens with zero attached hydrogens (tertiary/aromatic N) is 1. The molecule has 0 aromatic rings. The molecule has 5 heteroatoms. The van der Waals surface area contributed by atoms with Gasteiger partial charge in [0.15, 0.2) is 0 Å². The zero-order chi connectivity index (χ0) is 16.0. The van der Waals surface area contributed by atoms with Gasteiger partial charge >= 0.3 is 12.1 Å². The van der Waals surface area contributed by atoms with Gasteiger partial charge in [-0.25, -0.2) is 4.79 Å². The van der Waals surface area contributed by atoms with E-state index in [1.165, 1.54) is 0 Å². The molecule has 1 rings (SSSR count). The number of carbonyl (C=O) groups is 2. The van der Waals surface area contributed by atoms with Crippen molar-refractivity contribution in [2.75, 3.05) is 13.2 Å². The maximum Gasteiger partial charge on any atom is 0.410 e. The molecule has 0 aliphatic carbocycles. The van der Waals surface area contributed by atoms with Crippen LogP contribution in [-0.2, 0) is 14.3 Å². The summed E-state index contributed by atoms with van der Waals surface area (Å²) in [6.45, 7) is 11.9. The molecule has 0 N–H and O–H groups in total. The first-order valence-electron chi connectivity index (χ1n) is 7.57. The second-order valence-corrected chi connectivity index (χ2v) is 6.27. The minimum absolute atomic E-state index is 0.170. The molecule has 2 atom stereocenters. The van der Waals surface area contributed by atoms with Crippen molar-refractivity contribution in [1.82, 2.24) is 4.90 Å². The van der Waals surface area contributed by atoms with Crippen LogP contribution in [0.25, 0.3) is 0 Å². The van der Waals surface area contributed by atoms with Crippen molar-refractivity contribution >= 4 is 12.1 Å². The van der Waals surface area contributed by atoms with Gasteiger partial charge in [-0.1, -0.05) is 6.08 Å². The summed E-state index contributed by atoms with van der Waals surface area (Å²) in [5, 5.41) is 0. The van der Waals surface area contributed by atoms with E-state index in [0.29, 0.717) is 19.6 Å². The zero-order valence-corrected chi connectivity index (χ0v) is 13.6. The van der Waals surface area contributed by atoms with Crippen LogP contribution < -0.4 is 0 Å². The van der Waals surface area contributed by atoms with Crippen LogP contribution in [0.4, 0.5) is 4.79 Å². The molecule has 0 bridgehead atoms. The molecule has 1 saturated heterocycles. The fraction of sp³-hybridized carbons (Fsp3) is 0.750. The molecule has 0 radical (unpaired) electrons. The second-order valence-electron chi connectivity index (χ2n) is 6.27. The minimum atomic E-state index is -0.540. The lowest BCUT2D eigenvalue weighted by Gasteiger charge is -2.31. The molecule has 1 heterocycles. The van der Waals surface area contributed by atoms with Gasteiger partial charge in [0.2, 0.25) is 0 Å². The summed E-state index contributed by atoms with van der Waals surface area (Å²) in [4.78, 5) is 26.1. The molecule has 0 saturated carbocycles. The lowest BCUT2D eigenvalue weighted by molar-refractivity contribution is -0.149. The topological polar surface area (TPSA) is 55.8 Å². The lowest BCUT2D eigenvalue weighted by Crippen LogP contribution is -2.45. The molecular weight excluding hydrogens is 270 g/mol. The van der Waals surface area contributed by atoms with E-state index in [4.69, 9.17) is 9.47 Å². The van der Waals surface area contributed by atoms with Crippen molar-refractivity contribution in [1.29, 1.82) is 0 Å². The summed E-state index contributed by atoms with van der Waals surface area (Å²) in [7, 11) is 0. The number of esters is 1. The van der Waals surface area contributed by atoms with Crippen LogP contribution in [0.2, 0.25) is 0 Å². The summed E-state index contributed by atoms with van der Waals surface area (Å²) in [5.41, 5.74) is -0.540. The molecule has 0 aromatic heterocycles. The molecule has 120 valence electrons. The average molecular weight is 297 g/mol. The third-order valence-electron chi connectivity index (χ3n) is 3.40. The van der Waals surface area contributed by atoms with Crippen molar-refractivity contribution in [3.8, 4) is 0 Å². The van der Waals surface area contributed by atoms with Crippen molar-refractivity contribution in [2.24, 2.45) is 5.92 Å². The molecule has 21 heavy (non-hydrogen) atoms. The number of allylic oxidation sites excluding steroid dienone is 1. The van der Waals surface area contributed by atoms with Gasteiger partial charge < -0.3 is 14.4 Å². The van der Waals surface area contributed by atoms with E-state index in [0.717, 1.165) is 12.8 Å². The van der Waals surface area contributed by atoms with Gasteiger partial charge in [-0.05, 0) is 47.0 Å². The van der Waals surface area contributed by atoms with E-state index in [9.17, 15) is 9.59 Å². The highest BCUT2D eigenvalue weighted by molar-refractivity contribution is 5.76. The van der Waals surface area contributed by atoms with E-state index in [2.05, 4.69) is 6.58 Å². The number of rotatable bonds is 5. The molecule has 1 aliphatic rings. The molecule has 1 fully saturated rings. The summed E-state index contributed by atoms with van der Waals surface area (Å²) >= 11 is 0. The van der Waals surface area contributed by atoms with Crippen LogP contribution in [-0.4, -0.2) is 41.8 Å². The molecule has 0 spiro atoms. The van der Waals surface area contributed by atoms with Crippen molar-refractivity contribution in [3.63, 3.8) is 0 Å². The Morgan fingerprint density at radius 3 is 2.62 bits per heavy atom. The van der Waals surface area contributed by atoms with Gasteiger partial charge in [-0.2, -0.15) is 0 Å². The molecule has 1 amide bonds. The SMILES string of the molecule is C=CC[C@@H](C(=O)OCC)[C@H]1CCCN1C(=O)OC(C)(C)C. The third-order valence-corrected chi connectivity index (χ3v) is 3.40. The van der Waals surface area contributed by atoms with E-state index in [1.54, 1.807) is 17.9 Å². The summed E-state index contributed by atoms with van der Waals surface area (Å²) in [5.74, 6) is -0.629. The number of hydrogen-bond donors (Lipinski definition) is 0. The average Bonchev–Trinajstić information content (AvgIpc) is 2.83. The maximum atomic E-state index is 12.3. The zero-order valence-electron chi connectivity index (χ0n) is 13.6. The monoisotopic (exact) mass is 297 g/mol. The van der Waals surface area contributed by atoms with E-state index in [-0.39, 0.29) is 24.0 Å². The lowest BCUT2D eigenvalue weighted by atomic mass is 9.94. The quantitative estimate of drug-likeness (QED) is 0.578. The summed E-state index contributed by atoms with van der Waals surface area (Å²) in [6, 6.07) is -0.170. The van der Waals surface area contributed by atoms with Gasteiger partial charge in [0.05, 0.1) is 12.5 Å². The maximum absolute atomic E-state index is 12.3. The van der Waals surface area contributed by atoms with Crippen LogP contribution >= 0.6 is 0 Å². The smallest absolute Gasteiger partial charge is 0.410 e. The Balaban J connectivity index is 2.83. The van der Waals surface area contributed by atoms with E-state index in [1.807, 2.05) is 20.8 Å². The van der Waals surface area contributed by atoms with Gasteiger partial charge in [0.1, 0.15) is 5.60 Å². The van der Waals surface area contributed by atoms with Crippen molar-refractivity contribution < 1.29 is 19.1 Å². The first-order valence-corrected chi connectivity index (χ1v) is 7.57. The number of likely N-dealkylation sites (tertiary alicyclic amines) is 1. The minimum Gasteiger partial charge on any atom is -0.466 e. The predicted octanol–water partition coefficient (Wildman–Crippen LogP) is 3.14. The van der Waals surface area contributed by atoms with Gasteiger partial charge in [0, 0.05) is 12.6 Å². The molecular formula is C16H27NO4. The highest BCUT2D eigenvalue weighted by atomic mass is 16.6. The van der Waals surface area contributed by atoms with Gasteiger partial charge in [-0.3, -0.25) is 4.79 Å². The standard InChI is InChI=1S/C16H27NO4/c1-6-9-12(14(18)20-7-2)13-10-8-11-17(13)15(19)21-16(3,4)5/h6,12-13H,1,7-11H2,2-5H3/t12-,13-/m1/s1. The van der Waals surface area contributed by atoms with Gasteiger partial charge in [-0.15, -0.1) is 6.58 Å². The molecule has 1 aliphatic heterocycles. The van der Waals surface area contributed by atoms with Crippen LogP contribution in [0.1, 0.15) is 47.0 Å². The molecule has 5 nitrogen and oxygen atoms in total. The Kier molecular flexibility index (Phi) is 6.24. The summed E-state index contributed by atoms with van der Waals surface area (Å²) in [6.07, 6.45) is 3.51. The fourth-order valence-corrected chi connectivity index (χ4v) is 2.60.